The van der Waals surface area contributed by atoms with Gasteiger partial charge < -0.3 is 5.73 Å². The summed E-state index contributed by atoms with van der Waals surface area (Å²) >= 11 is 3.21. The van der Waals surface area contributed by atoms with E-state index in [1.54, 1.807) is 0 Å². The summed E-state index contributed by atoms with van der Waals surface area (Å²) in [6.07, 6.45) is 1.82. The number of H-pyrrole nitrogens is 1. The van der Waals surface area contributed by atoms with Gasteiger partial charge in [0.2, 0.25) is 0 Å². The fourth-order valence-corrected chi connectivity index (χ4v) is 2.18. The molecule has 1 heterocycles. The molecule has 0 saturated carbocycles. The van der Waals surface area contributed by atoms with Crippen LogP contribution in [0.25, 0.3) is 5.69 Å². The normalized spacial score (nSPS) is 11.9. The molecule has 0 unspecified atom stereocenters. The number of hydrogen-bond acceptors (Lipinski definition) is 3. The van der Waals surface area contributed by atoms with Crippen molar-refractivity contribution >= 4 is 15.9 Å². The number of rotatable bonds is 4. The minimum absolute atomic E-state index is 0.0391. The molecule has 0 bridgehead atoms. The summed E-state index contributed by atoms with van der Waals surface area (Å²) in [6, 6.07) is 2.67. The lowest BCUT2D eigenvalue weighted by atomic mass is 10.1. The topological polar surface area (TPSA) is 76.7 Å². The zero-order chi connectivity index (χ0) is 14.7. The molecule has 0 fully saturated rings. The van der Waals surface area contributed by atoms with Crippen LogP contribution in [0.5, 0.6) is 0 Å². The number of nitrogens with one attached hydrogen (secondary N) is 1. The molecule has 1 aromatic heterocycles. The average molecular weight is 345 g/mol. The molecule has 0 amide bonds. The molecule has 0 saturated heterocycles. The Hall–Kier alpha value is -1.80. The van der Waals surface area contributed by atoms with Gasteiger partial charge in [-0.15, -0.1) is 0 Å². The van der Waals surface area contributed by atoms with Crippen LogP contribution in [-0.2, 0) is 6.42 Å². The van der Waals surface area contributed by atoms with Crippen LogP contribution in [0.4, 0.5) is 8.78 Å². The van der Waals surface area contributed by atoms with Gasteiger partial charge in [0.15, 0.2) is 0 Å². The van der Waals surface area contributed by atoms with Crippen LogP contribution >= 0.6 is 15.9 Å². The van der Waals surface area contributed by atoms with E-state index in [0.29, 0.717) is 21.9 Å². The van der Waals surface area contributed by atoms with E-state index < -0.39 is 11.5 Å². The Morgan fingerprint density at radius 1 is 1.55 bits per heavy atom. The molecule has 2 aromatic rings. The maximum atomic E-state index is 13.9. The Labute approximate surface area is 121 Å². The van der Waals surface area contributed by atoms with Gasteiger partial charge in [0.1, 0.15) is 12.1 Å². The number of nitrogens with two attached hydrogens (primary N) is 1. The van der Waals surface area contributed by atoms with Crippen LogP contribution in [0.2, 0.25) is 0 Å². The fourth-order valence-electron chi connectivity index (χ4n) is 1.72. The smallest absolute Gasteiger partial charge is 0.327 e. The van der Waals surface area contributed by atoms with Gasteiger partial charge in [0.05, 0.1) is 12.0 Å². The molecule has 0 atom stereocenters. The summed E-state index contributed by atoms with van der Waals surface area (Å²) in [6.45, 7) is 0.0569. The molecule has 0 radical (unpaired) electrons. The molecule has 0 aliphatic rings. The van der Waals surface area contributed by atoms with E-state index in [1.165, 1.54) is 18.5 Å². The van der Waals surface area contributed by atoms with Crippen molar-refractivity contribution in [2.24, 2.45) is 5.73 Å². The summed E-state index contributed by atoms with van der Waals surface area (Å²) in [5.74, 6) is -0.595. The van der Waals surface area contributed by atoms with E-state index in [4.69, 9.17) is 5.73 Å². The molecule has 0 aliphatic heterocycles. The number of hydrogen-bond donors (Lipinski definition) is 2. The molecule has 0 spiro atoms. The monoisotopic (exact) mass is 344 g/mol. The van der Waals surface area contributed by atoms with Gasteiger partial charge in [0, 0.05) is 11.0 Å². The Morgan fingerprint density at radius 3 is 2.85 bits per heavy atom. The lowest BCUT2D eigenvalue weighted by molar-refractivity contribution is 0.614. The van der Waals surface area contributed by atoms with Gasteiger partial charge in [-0.25, -0.2) is 23.2 Å². The summed E-state index contributed by atoms with van der Waals surface area (Å²) in [4.78, 5) is 11.5. The van der Waals surface area contributed by atoms with Crippen LogP contribution in [0.15, 0.2) is 39.6 Å². The van der Waals surface area contributed by atoms with Gasteiger partial charge in [-0.3, -0.25) is 0 Å². The third-order valence-electron chi connectivity index (χ3n) is 2.76. The number of nitrogens with zero attached hydrogens (tertiary/aromatic N) is 2. The molecular formula is C12H11BrF2N4O. The lowest BCUT2D eigenvalue weighted by Crippen LogP contribution is -2.16. The first-order valence-electron chi connectivity index (χ1n) is 5.65. The first kappa shape index (κ1) is 14.6. The Balaban J connectivity index is 2.50. The van der Waals surface area contributed by atoms with E-state index in [9.17, 15) is 13.6 Å². The lowest BCUT2D eigenvalue weighted by Gasteiger charge is -2.10. The summed E-state index contributed by atoms with van der Waals surface area (Å²) in [5.41, 5.74) is 5.86. The van der Waals surface area contributed by atoms with Gasteiger partial charge in [-0.05, 0) is 29.7 Å². The van der Waals surface area contributed by atoms with Crippen molar-refractivity contribution in [3.05, 3.63) is 56.7 Å². The zero-order valence-electron chi connectivity index (χ0n) is 10.2. The SMILES string of the molecule is NC/C(=C\F)Cc1cc(-n2cn[nH]c2=O)c(F)cc1Br. The van der Waals surface area contributed by atoms with Crippen LogP contribution in [0.3, 0.4) is 0 Å². The van der Waals surface area contributed by atoms with Crippen molar-refractivity contribution in [3.8, 4) is 5.69 Å². The molecule has 0 aliphatic carbocycles. The Bertz CT molecular complexity index is 708. The largest absolute Gasteiger partial charge is 0.347 e. The van der Waals surface area contributed by atoms with Gasteiger partial charge in [0.25, 0.3) is 0 Å². The molecule has 20 heavy (non-hydrogen) atoms. The highest BCUT2D eigenvalue weighted by Gasteiger charge is 2.13. The van der Waals surface area contributed by atoms with Gasteiger partial charge in [-0.1, -0.05) is 15.9 Å². The minimum Gasteiger partial charge on any atom is -0.327 e. The number of halogens is 3. The highest BCUT2D eigenvalue weighted by Crippen LogP contribution is 2.25. The van der Waals surface area contributed by atoms with E-state index in [-0.39, 0.29) is 18.7 Å². The van der Waals surface area contributed by atoms with Crippen molar-refractivity contribution in [2.45, 2.75) is 6.42 Å². The molecule has 5 nitrogen and oxygen atoms in total. The minimum atomic E-state index is -0.595. The van der Waals surface area contributed by atoms with Crippen LogP contribution in [0.1, 0.15) is 5.56 Å². The van der Waals surface area contributed by atoms with Crippen molar-refractivity contribution in [1.82, 2.24) is 14.8 Å². The van der Waals surface area contributed by atoms with E-state index in [2.05, 4.69) is 26.1 Å². The first-order valence-corrected chi connectivity index (χ1v) is 6.44. The van der Waals surface area contributed by atoms with Crippen molar-refractivity contribution < 1.29 is 8.78 Å². The summed E-state index contributed by atoms with van der Waals surface area (Å²) < 4.78 is 28.0. The molecule has 106 valence electrons. The van der Waals surface area contributed by atoms with Crippen molar-refractivity contribution in [3.63, 3.8) is 0 Å². The standard InChI is InChI=1S/C12H11BrF2N4O/c13-9-3-10(15)11(19-6-17-18-12(19)20)2-8(9)1-7(4-14)5-16/h2-4,6H,1,5,16H2,(H,18,20)/b7-4-. The maximum absolute atomic E-state index is 13.9. The van der Waals surface area contributed by atoms with Gasteiger partial charge in [-0.2, -0.15) is 5.10 Å². The number of aromatic amines is 1. The fraction of sp³-hybridized carbons (Fsp3) is 0.167. The maximum Gasteiger partial charge on any atom is 0.347 e. The molecule has 3 N–H and O–H groups in total. The predicted octanol–water partition coefficient (Wildman–Crippen LogP) is 1.82. The second kappa shape index (κ2) is 6.10. The highest BCUT2D eigenvalue weighted by molar-refractivity contribution is 9.10. The predicted molar refractivity (Wildman–Crippen MR) is 73.8 cm³/mol. The van der Waals surface area contributed by atoms with Crippen molar-refractivity contribution in [1.29, 1.82) is 0 Å². The average Bonchev–Trinajstić information content (AvgIpc) is 2.84. The first-order chi connectivity index (χ1) is 9.56. The van der Waals surface area contributed by atoms with Crippen LogP contribution in [0, 0.1) is 5.82 Å². The second-order valence-corrected chi connectivity index (χ2v) is 4.93. The number of benzene rings is 1. The zero-order valence-corrected chi connectivity index (χ0v) is 11.8. The van der Waals surface area contributed by atoms with E-state index in [0.717, 1.165) is 4.57 Å². The second-order valence-electron chi connectivity index (χ2n) is 4.07. The van der Waals surface area contributed by atoms with Gasteiger partial charge >= 0.3 is 5.69 Å². The molecular weight excluding hydrogens is 334 g/mol. The number of aromatic nitrogens is 3. The third kappa shape index (κ3) is 2.86. The molecule has 2 rings (SSSR count). The van der Waals surface area contributed by atoms with Crippen molar-refractivity contribution in [2.75, 3.05) is 6.54 Å². The summed E-state index contributed by atoms with van der Waals surface area (Å²) in [7, 11) is 0. The van der Waals surface area contributed by atoms with E-state index in [1.807, 2.05) is 0 Å². The molecule has 1 aromatic carbocycles. The quantitative estimate of drug-likeness (QED) is 0.888. The highest BCUT2D eigenvalue weighted by atomic mass is 79.9. The Kier molecular flexibility index (Phi) is 4.46. The third-order valence-corrected chi connectivity index (χ3v) is 3.50. The molecule has 8 heteroatoms. The van der Waals surface area contributed by atoms with Crippen LogP contribution in [-0.4, -0.2) is 21.3 Å². The van der Waals surface area contributed by atoms with E-state index >= 15 is 0 Å². The van der Waals surface area contributed by atoms with Crippen LogP contribution < -0.4 is 11.4 Å². The Morgan fingerprint density at radius 2 is 2.30 bits per heavy atom. The summed E-state index contributed by atoms with van der Waals surface area (Å²) in [5, 5.41) is 5.72.